The van der Waals surface area contributed by atoms with Crippen LogP contribution in [0.15, 0.2) is 53.6 Å². The van der Waals surface area contributed by atoms with Crippen LogP contribution in [0.3, 0.4) is 0 Å². The normalized spacial score (nSPS) is 10.6. The summed E-state index contributed by atoms with van der Waals surface area (Å²) in [6, 6.07) is 14.6. The topological polar surface area (TPSA) is 50.7 Å². The van der Waals surface area contributed by atoms with Crippen molar-refractivity contribution in [2.45, 2.75) is 13.3 Å². The zero-order valence-corrected chi connectivity index (χ0v) is 13.0. The second kappa shape index (κ2) is 8.20. The van der Waals surface area contributed by atoms with Crippen LogP contribution in [-0.4, -0.2) is 18.7 Å². The summed E-state index contributed by atoms with van der Waals surface area (Å²) in [5.74, 6) is 0.627. The maximum Gasteiger partial charge on any atom is 0.244 e. The molecule has 4 nitrogen and oxygen atoms in total. The summed E-state index contributed by atoms with van der Waals surface area (Å²) in [4.78, 5) is 11.8. The summed E-state index contributed by atoms with van der Waals surface area (Å²) >= 11 is 5.79. The van der Waals surface area contributed by atoms with Gasteiger partial charge in [-0.2, -0.15) is 5.10 Å². The average Bonchev–Trinajstić information content (AvgIpc) is 2.51. The van der Waals surface area contributed by atoms with E-state index in [1.165, 1.54) is 0 Å². The number of amides is 1. The molecule has 0 saturated carbocycles. The van der Waals surface area contributed by atoms with Crippen LogP contribution in [0.5, 0.6) is 5.75 Å². The zero-order chi connectivity index (χ0) is 15.8. The van der Waals surface area contributed by atoms with E-state index in [2.05, 4.69) is 10.5 Å². The van der Waals surface area contributed by atoms with Gasteiger partial charge in [-0.25, -0.2) is 5.43 Å². The fourth-order valence-corrected chi connectivity index (χ4v) is 1.95. The van der Waals surface area contributed by atoms with E-state index in [-0.39, 0.29) is 12.3 Å². The van der Waals surface area contributed by atoms with Crippen molar-refractivity contribution in [3.8, 4) is 5.75 Å². The molecule has 0 saturated heterocycles. The highest BCUT2D eigenvalue weighted by molar-refractivity contribution is 6.30. The highest BCUT2D eigenvalue weighted by atomic mass is 35.5. The smallest absolute Gasteiger partial charge is 0.244 e. The van der Waals surface area contributed by atoms with Crippen LogP contribution >= 0.6 is 11.6 Å². The molecule has 0 unspecified atom stereocenters. The third-order valence-electron chi connectivity index (χ3n) is 2.87. The van der Waals surface area contributed by atoms with E-state index in [1.807, 2.05) is 43.3 Å². The molecular weight excluding hydrogens is 300 g/mol. The SMILES string of the molecule is CCOc1ccc(CC(=O)N/N=C\c2ccc(Cl)cc2)cc1. The third kappa shape index (κ3) is 5.22. The Morgan fingerprint density at radius 2 is 1.86 bits per heavy atom. The van der Waals surface area contributed by atoms with Gasteiger partial charge in [-0.15, -0.1) is 0 Å². The average molecular weight is 317 g/mol. The predicted molar refractivity (Wildman–Crippen MR) is 88.5 cm³/mol. The molecule has 114 valence electrons. The van der Waals surface area contributed by atoms with Crippen molar-refractivity contribution in [1.82, 2.24) is 5.43 Å². The minimum atomic E-state index is -0.172. The Morgan fingerprint density at radius 3 is 2.50 bits per heavy atom. The Balaban J connectivity index is 1.83. The van der Waals surface area contributed by atoms with Crippen molar-refractivity contribution < 1.29 is 9.53 Å². The molecule has 2 aromatic carbocycles. The Morgan fingerprint density at radius 1 is 1.18 bits per heavy atom. The largest absolute Gasteiger partial charge is 0.494 e. The second-order valence-electron chi connectivity index (χ2n) is 4.60. The molecule has 1 N–H and O–H groups in total. The van der Waals surface area contributed by atoms with Crippen LogP contribution in [0.2, 0.25) is 5.02 Å². The molecule has 5 heteroatoms. The van der Waals surface area contributed by atoms with Crippen LogP contribution in [0.4, 0.5) is 0 Å². The van der Waals surface area contributed by atoms with E-state index < -0.39 is 0 Å². The summed E-state index contributed by atoms with van der Waals surface area (Å²) in [6.07, 6.45) is 1.84. The van der Waals surface area contributed by atoms with Gasteiger partial charge in [0.2, 0.25) is 5.91 Å². The van der Waals surface area contributed by atoms with Gasteiger partial charge >= 0.3 is 0 Å². The van der Waals surface area contributed by atoms with E-state index in [0.717, 1.165) is 16.9 Å². The molecule has 1 amide bonds. The lowest BCUT2D eigenvalue weighted by atomic mass is 10.1. The molecular formula is C17H17ClN2O2. The minimum Gasteiger partial charge on any atom is -0.494 e. The molecule has 0 aliphatic carbocycles. The first-order valence-corrected chi connectivity index (χ1v) is 7.34. The van der Waals surface area contributed by atoms with Gasteiger partial charge in [0, 0.05) is 5.02 Å². The molecule has 22 heavy (non-hydrogen) atoms. The molecule has 0 aromatic heterocycles. The fraction of sp³-hybridized carbons (Fsp3) is 0.176. The van der Waals surface area contributed by atoms with Gasteiger partial charge in [0.25, 0.3) is 0 Å². The summed E-state index contributed by atoms with van der Waals surface area (Å²) in [7, 11) is 0. The van der Waals surface area contributed by atoms with Gasteiger partial charge < -0.3 is 4.74 Å². The molecule has 0 aliphatic rings. The van der Waals surface area contributed by atoms with Gasteiger partial charge in [0.1, 0.15) is 5.75 Å². The van der Waals surface area contributed by atoms with Crippen molar-refractivity contribution >= 4 is 23.7 Å². The number of nitrogens with zero attached hydrogens (tertiary/aromatic N) is 1. The molecule has 2 aromatic rings. The third-order valence-corrected chi connectivity index (χ3v) is 3.12. The van der Waals surface area contributed by atoms with Crippen molar-refractivity contribution in [2.75, 3.05) is 6.61 Å². The number of halogens is 1. The van der Waals surface area contributed by atoms with Gasteiger partial charge in [-0.1, -0.05) is 35.9 Å². The van der Waals surface area contributed by atoms with Crippen molar-refractivity contribution in [3.05, 3.63) is 64.7 Å². The standard InChI is InChI=1S/C17H17ClN2O2/c1-2-22-16-9-5-13(6-10-16)11-17(21)20-19-12-14-3-7-15(18)8-4-14/h3-10,12H,2,11H2,1H3,(H,20,21)/b19-12-. The number of hydrogen-bond acceptors (Lipinski definition) is 3. The van der Waals surface area contributed by atoms with Crippen molar-refractivity contribution in [3.63, 3.8) is 0 Å². The van der Waals surface area contributed by atoms with Gasteiger partial charge in [-0.3, -0.25) is 4.79 Å². The Labute approximate surface area is 134 Å². The van der Waals surface area contributed by atoms with Crippen LogP contribution in [0.25, 0.3) is 0 Å². The number of carbonyl (C=O) groups is 1. The minimum absolute atomic E-state index is 0.172. The monoisotopic (exact) mass is 316 g/mol. The molecule has 0 radical (unpaired) electrons. The molecule has 0 bridgehead atoms. The lowest BCUT2D eigenvalue weighted by Gasteiger charge is -2.04. The molecule has 0 atom stereocenters. The highest BCUT2D eigenvalue weighted by Crippen LogP contribution is 2.12. The van der Waals surface area contributed by atoms with E-state index in [9.17, 15) is 4.79 Å². The van der Waals surface area contributed by atoms with Gasteiger partial charge in [0.05, 0.1) is 19.2 Å². The van der Waals surface area contributed by atoms with Crippen LogP contribution < -0.4 is 10.2 Å². The first kappa shape index (κ1) is 16.0. The summed E-state index contributed by atoms with van der Waals surface area (Å²) in [5, 5.41) is 4.59. The zero-order valence-electron chi connectivity index (χ0n) is 12.3. The van der Waals surface area contributed by atoms with Gasteiger partial charge in [0.15, 0.2) is 0 Å². The Kier molecular flexibility index (Phi) is 5.98. The van der Waals surface area contributed by atoms with E-state index in [4.69, 9.17) is 16.3 Å². The number of hydrogen-bond donors (Lipinski definition) is 1. The van der Waals surface area contributed by atoms with Crippen LogP contribution in [0, 0.1) is 0 Å². The first-order chi connectivity index (χ1) is 10.7. The summed E-state index contributed by atoms with van der Waals surface area (Å²) < 4.78 is 5.35. The Bertz CT molecular complexity index is 637. The van der Waals surface area contributed by atoms with Crippen LogP contribution in [0.1, 0.15) is 18.1 Å². The van der Waals surface area contributed by atoms with Crippen molar-refractivity contribution in [2.24, 2.45) is 5.10 Å². The first-order valence-electron chi connectivity index (χ1n) is 6.96. The van der Waals surface area contributed by atoms with Gasteiger partial charge in [-0.05, 0) is 42.3 Å². The molecule has 0 fully saturated rings. The van der Waals surface area contributed by atoms with E-state index in [0.29, 0.717) is 11.6 Å². The quantitative estimate of drug-likeness (QED) is 0.655. The summed E-state index contributed by atoms with van der Waals surface area (Å²) in [6.45, 7) is 2.55. The highest BCUT2D eigenvalue weighted by Gasteiger charge is 2.02. The number of ether oxygens (including phenoxy) is 1. The lowest BCUT2D eigenvalue weighted by molar-refractivity contribution is -0.120. The fourth-order valence-electron chi connectivity index (χ4n) is 1.82. The maximum absolute atomic E-state index is 11.8. The number of benzene rings is 2. The van der Waals surface area contributed by atoms with E-state index >= 15 is 0 Å². The number of rotatable bonds is 6. The number of carbonyl (C=O) groups excluding carboxylic acids is 1. The second-order valence-corrected chi connectivity index (χ2v) is 5.03. The molecule has 2 rings (SSSR count). The molecule has 0 spiro atoms. The number of hydrazone groups is 1. The molecule has 0 aliphatic heterocycles. The predicted octanol–water partition coefficient (Wildman–Crippen LogP) is 3.43. The van der Waals surface area contributed by atoms with Crippen LogP contribution in [-0.2, 0) is 11.2 Å². The van der Waals surface area contributed by atoms with E-state index in [1.54, 1.807) is 18.3 Å². The van der Waals surface area contributed by atoms with Crippen molar-refractivity contribution in [1.29, 1.82) is 0 Å². The molecule has 0 heterocycles. The lowest BCUT2D eigenvalue weighted by Crippen LogP contribution is -2.19. The Hall–Kier alpha value is -2.33. The summed E-state index contributed by atoms with van der Waals surface area (Å²) in [5.41, 5.74) is 4.27. The number of nitrogens with one attached hydrogen (secondary N) is 1. The maximum atomic E-state index is 11.8.